The molecule has 24 heavy (non-hydrogen) atoms. The number of nitrogens with one attached hydrogen (secondary N) is 1. The van der Waals surface area contributed by atoms with Crippen LogP contribution < -0.4 is 9.47 Å². The zero-order valence-corrected chi connectivity index (χ0v) is 14.5. The van der Waals surface area contributed by atoms with Crippen LogP contribution in [0.4, 0.5) is 0 Å². The van der Waals surface area contributed by atoms with Crippen LogP contribution in [0.1, 0.15) is 5.56 Å². The van der Waals surface area contributed by atoms with Crippen LogP contribution in [0.3, 0.4) is 0 Å². The molecule has 0 amide bonds. The van der Waals surface area contributed by atoms with Crippen molar-refractivity contribution in [3.63, 3.8) is 0 Å². The maximum atomic E-state index is 5.78. The maximum absolute atomic E-state index is 5.78. The molecule has 124 valence electrons. The molecule has 1 heterocycles. The van der Waals surface area contributed by atoms with Crippen LogP contribution in [0.2, 0.25) is 0 Å². The zero-order valence-electron chi connectivity index (χ0n) is 13.7. The van der Waals surface area contributed by atoms with Gasteiger partial charge in [-0.25, -0.2) is 0 Å². The molecule has 3 rings (SSSR count). The monoisotopic (exact) mass is 341 g/mol. The highest BCUT2D eigenvalue weighted by molar-refractivity contribution is 7.99. The molecule has 0 aliphatic rings. The van der Waals surface area contributed by atoms with E-state index in [1.807, 2.05) is 55.5 Å². The van der Waals surface area contributed by atoms with Crippen LogP contribution in [-0.4, -0.2) is 34.7 Å². The SMILES string of the molecule is COc1ccc(-c2nnc(SCCOc3ccccc3C)[nH]2)cc1. The third-order valence-electron chi connectivity index (χ3n) is 3.50. The lowest BCUT2D eigenvalue weighted by Crippen LogP contribution is -2.01. The van der Waals surface area contributed by atoms with Crippen LogP contribution >= 0.6 is 11.8 Å². The van der Waals surface area contributed by atoms with Crippen molar-refractivity contribution in [2.75, 3.05) is 19.5 Å². The lowest BCUT2D eigenvalue weighted by atomic mass is 10.2. The normalized spacial score (nSPS) is 10.6. The number of aromatic amines is 1. The number of hydrogen-bond donors (Lipinski definition) is 1. The van der Waals surface area contributed by atoms with Gasteiger partial charge in [0.25, 0.3) is 0 Å². The number of H-pyrrole nitrogens is 1. The third kappa shape index (κ3) is 4.08. The molecular weight excluding hydrogens is 322 g/mol. The van der Waals surface area contributed by atoms with E-state index in [9.17, 15) is 0 Å². The topological polar surface area (TPSA) is 60.0 Å². The summed E-state index contributed by atoms with van der Waals surface area (Å²) < 4.78 is 10.9. The average molecular weight is 341 g/mol. The Morgan fingerprint density at radius 3 is 2.58 bits per heavy atom. The second-order valence-electron chi connectivity index (χ2n) is 5.17. The van der Waals surface area contributed by atoms with Gasteiger partial charge in [0.1, 0.15) is 11.5 Å². The van der Waals surface area contributed by atoms with Crippen LogP contribution in [-0.2, 0) is 0 Å². The first kappa shape index (κ1) is 16.4. The van der Waals surface area contributed by atoms with Crippen LogP contribution in [0.25, 0.3) is 11.4 Å². The number of rotatable bonds is 7. The number of thioether (sulfide) groups is 1. The Kier molecular flexibility index (Phi) is 5.38. The summed E-state index contributed by atoms with van der Waals surface area (Å²) in [5.41, 5.74) is 2.12. The Hall–Kier alpha value is -2.47. The summed E-state index contributed by atoms with van der Waals surface area (Å²) in [7, 11) is 1.65. The molecule has 0 aliphatic heterocycles. The van der Waals surface area contributed by atoms with Gasteiger partial charge >= 0.3 is 0 Å². The smallest absolute Gasteiger partial charge is 0.188 e. The van der Waals surface area contributed by atoms with Crippen molar-refractivity contribution in [3.05, 3.63) is 54.1 Å². The van der Waals surface area contributed by atoms with Crippen molar-refractivity contribution >= 4 is 11.8 Å². The Labute approximate surface area is 145 Å². The third-order valence-corrected chi connectivity index (χ3v) is 4.33. The molecule has 0 bridgehead atoms. The Morgan fingerprint density at radius 1 is 1.04 bits per heavy atom. The minimum absolute atomic E-state index is 0.619. The van der Waals surface area contributed by atoms with Gasteiger partial charge in [-0.1, -0.05) is 30.0 Å². The highest BCUT2D eigenvalue weighted by Gasteiger charge is 2.06. The predicted molar refractivity (Wildman–Crippen MR) is 95.8 cm³/mol. The molecule has 1 aromatic heterocycles. The van der Waals surface area contributed by atoms with E-state index in [0.29, 0.717) is 6.61 Å². The van der Waals surface area contributed by atoms with E-state index in [1.54, 1.807) is 18.9 Å². The molecule has 0 saturated heterocycles. The fraction of sp³-hybridized carbons (Fsp3) is 0.222. The molecule has 6 heteroatoms. The van der Waals surface area contributed by atoms with E-state index in [4.69, 9.17) is 9.47 Å². The molecule has 0 unspecified atom stereocenters. The van der Waals surface area contributed by atoms with E-state index < -0.39 is 0 Å². The van der Waals surface area contributed by atoms with Crippen molar-refractivity contribution in [1.29, 1.82) is 0 Å². The Morgan fingerprint density at radius 2 is 1.83 bits per heavy atom. The van der Waals surface area contributed by atoms with Gasteiger partial charge in [0.15, 0.2) is 11.0 Å². The summed E-state index contributed by atoms with van der Waals surface area (Å²) in [6.07, 6.45) is 0. The highest BCUT2D eigenvalue weighted by Crippen LogP contribution is 2.22. The molecule has 1 N–H and O–H groups in total. The first-order valence-corrected chi connectivity index (χ1v) is 8.63. The van der Waals surface area contributed by atoms with Crippen molar-refractivity contribution in [1.82, 2.24) is 15.2 Å². The lowest BCUT2D eigenvalue weighted by molar-refractivity contribution is 0.341. The summed E-state index contributed by atoms with van der Waals surface area (Å²) in [5, 5.41) is 9.14. The summed E-state index contributed by atoms with van der Waals surface area (Å²) in [5.74, 6) is 3.29. The summed E-state index contributed by atoms with van der Waals surface area (Å²) in [6.45, 7) is 2.66. The number of hydrogen-bond acceptors (Lipinski definition) is 5. The summed E-state index contributed by atoms with van der Waals surface area (Å²) in [4.78, 5) is 3.22. The fourth-order valence-electron chi connectivity index (χ4n) is 2.20. The minimum atomic E-state index is 0.619. The van der Waals surface area contributed by atoms with Crippen LogP contribution in [0.15, 0.2) is 53.7 Å². The fourth-order valence-corrected chi connectivity index (χ4v) is 2.83. The van der Waals surface area contributed by atoms with Gasteiger partial charge in [-0.15, -0.1) is 10.2 Å². The number of ether oxygens (including phenoxy) is 2. The summed E-state index contributed by atoms with van der Waals surface area (Å²) in [6, 6.07) is 15.7. The van der Waals surface area contributed by atoms with E-state index in [0.717, 1.165) is 39.4 Å². The number of nitrogens with zero attached hydrogens (tertiary/aromatic N) is 2. The first-order valence-electron chi connectivity index (χ1n) is 7.64. The largest absolute Gasteiger partial charge is 0.497 e. The van der Waals surface area contributed by atoms with E-state index in [1.165, 1.54) is 0 Å². The molecule has 5 nitrogen and oxygen atoms in total. The Bertz CT molecular complexity index is 787. The number of para-hydroxylation sites is 1. The van der Waals surface area contributed by atoms with Gasteiger partial charge in [-0.2, -0.15) is 0 Å². The number of aryl methyl sites for hydroxylation is 1. The quantitative estimate of drug-likeness (QED) is 0.521. The van der Waals surface area contributed by atoms with Gasteiger partial charge in [-0.3, -0.25) is 0 Å². The van der Waals surface area contributed by atoms with Gasteiger partial charge in [0.2, 0.25) is 0 Å². The van der Waals surface area contributed by atoms with Crippen LogP contribution in [0.5, 0.6) is 11.5 Å². The first-order chi connectivity index (χ1) is 11.8. The molecule has 0 aliphatic carbocycles. The van der Waals surface area contributed by atoms with Gasteiger partial charge in [0, 0.05) is 11.3 Å². The number of benzene rings is 2. The van der Waals surface area contributed by atoms with E-state index >= 15 is 0 Å². The molecular formula is C18H19N3O2S. The van der Waals surface area contributed by atoms with Gasteiger partial charge in [0.05, 0.1) is 13.7 Å². The number of aromatic nitrogens is 3. The molecule has 0 atom stereocenters. The summed E-state index contributed by atoms with van der Waals surface area (Å²) >= 11 is 1.59. The van der Waals surface area contributed by atoms with Crippen molar-refractivity contribution < 1.29 is 9.47 Å². The Balaban J connectivity index is 1.51. The zero-order chi connectivity index (χ0) is 16.8. The highest BCUT2D eigenvalue weighted by atomic mass is 32.2. The lowest BCUT2D eigenvalue weighted by Gasteiger charge is -2.07. The molecule has 0 radical (unpaired) electrons. The van der Waals surface area contributed by atoms with Crippen molar-refractivity contribution in [2.45, 2.75) is 12.1 Å². The van der Waals surface area contributed by atoms with E-state index in [2.05, 4.69) is 15.2 Å². The minimum Gasteiger partial charge on any atom is -0.497 e. The molecule has 3 aromatic rings. The van der Waals surface area contributed by atoms with E-state index in [-0.39, 0.29) is 0 Å². The average Bonchev–Trinajstić information content (AvgIpc) is 3.09. The standard InChI is InChI=1S/C18H19N3O2S/c1-13-5-3-4-6-16(13)23-11-12-24-18-19-17(20-21-18)14-7-9-15(22-2)10-8-14/h3-10H,11-12H2,1-2H3,(H,19,20,21). The van der Waals surface area contributed by atoms with Crippen molar-refractivity contribution in [2.24, 2.45) is 0 Å². The second-order valence-corrected chi connectivity index (χ2v) is 6.25. The molecule has 0 fully saturated rings. The predicted octanol–water partition coefficient (Wildman–Crippen LogP) is 3.96. The van der Waals surface area contributed by atoms with Gasteiger partial charge in [-0.05, 0) is 42.8 Å². The van der Waals surface area contributed by atoms with Gasteiger partial charge < -0.3 is 14.5 Å². The second kappa shape index (κ2) is 7.88. The maximum Gasteiger partial charge on any atom is 0.188 e. The number of methoxy groups -OCH3 is 1. The molecule has 0 spiro atoms. The molecule has 2 aromatic carbocycles. The molecule has 0 saturated carbocycles. The van der Waals surface area contributed by atoms with Crippen molar-refractivity contribution in [3.8, 4) is 22.9 Å². The van der Waals surface area contributed by atoms with Crippen LogP contribution in [0, 0.1) is 6.92 Å².